The molecule has 0 aliphatic rings. The van der Waals surface area contributed by atoms with E-state index in [1.165, 1.54) is 0 Å². The molecule has 0 spiro atoms. The van der Waals surface area contributed by atoms with Crippen molar-refractivity contribution in [2.75, 3.05) is 0 Å². The van der Waals surface area contributed by atoms with Gasteiger partial charge in [0.05, 0.1) is 5.56 Å². The Kier molecular flexibility index (Phi) is 5.88. The van der Waals surface area contributed by atoms with Gasteiger partial charge in [-0.15, -0.1) is 0 Å². The number of rotatable bonds is 7. The fraction of sp³-hybridized carbons (Fsp3) is 0.300. The SMILES string of the molecule is CCCC(C)(C)OOC(=O)c1ccccc1C(=O)c1ccccc1. The molecule has 0 fully saturated rings. The third kappa shape index (κ3) is 4.52. The molecule has 0 unspecified atom stereocenters. The Morgan fingerprint density at radius 2 is 1.50 bits per heavy atom. The highest BCUT2D eigenvalue weighted by atomic mass is 17.2. The van der Waals surface area contributed by atoms with E-state index >= 15 is 0 Å². The molecule has 0 N–H and O–H groups in total. The Balaban J connectivity index is 2.20. The van der Waals surface area contributed by atoms with Crippen LogP contribution in [0.4, 0.5) is 0 Å². The molecule has 2 aromatic carbocycles. The van der Waals surface area contributed by atoms with E-state index in [9.17, 15) is 9.59 Å². The van der Waals surface area contributed by atoms with Gasteiger partial charge in [0.15, 0.2) is 5.78 Å². The molecule has 0 aliphatic heterocycles. The van der Waals surface area contributed by atoms with Gasteiger partial charge in [-0.05, 0) is 26.3 Å². The standard InChI is InChI=1S/C20H22O4/c1-4-14-20(2,3)24-23-19(22)17-13-9-8-12-16(17)18(21)15-10-6-5-7-11-15/h5-13H,4,14H2,1-3H3. The monoisotopic (exact) mass is 326 g/mol. The Labute approximate surface area is 142 Å². The maximum atomic E-state index is 12.6. The first-order valence-electron chi connectivity index (χ1n) is 8.03. The van der Waals surface area contributed by atoms with Gasteiger partial charge in [-0.3, -0.25) is 9.68 Å². The number of ketones is 1. The average Bonchev–Trinajstić information content (AvgIpc) is 2.60. The third-order valence-corrected chi connectivity index (χ3v) is 3.62. The summed E-state index contributed by atoms with van der Waals surface area (Å²) in [6.45, 7) is 5.73. The van der Waals surface area contributed by atoms with Crippen LogP contribution < -0.4 is 0 Å². The van der Waals surface area contributed by atoms with Crippen LogP contribution in [0.1, 0.15) is 59.9 Å². The minimum Gasteiger partial charge on any atom is -0.292 e. The summed E-state index contributed by atoms with van der Waals surface area (Å²) in [5, 5.41) is 0. The highest BCUT2D eigenvalue weighted by Crippen LogP contribution is 2.20. The van der Waals surface area contributed by atoms with Crippen molar-refractivity contribution in [3.8, 4) is 0 Å². The molecule has 0 atom stereocenters. The zero-order valence-electron chi connectivity index (χ0n) is 14.2. The Hall–Kier alpha value is -2.46. The second kappa shape index (κ2) is 7.88. The van der Waals surface area contributed by atoms with Gasteiger partial charge in [0, 0.05) is 11.1 Å². The van der Waals surface area contributed by atoms with E-state index in [2.05, 4.69) is 0 Å². The van der Waals surface area contributed by atoms with Gasteiger partial charge in [-0.25, -0.2) is 4.79 Å². The zero-order chi connectivity index (χ0) is 17.6. The van der Waals surface area contributed by atoms with Crippen molar-refractivity contribution in [2.24, 2.45) is 0 Å². The number of carbonyl (C=O) groups excluding carboxylic acids is 2. The van der Waals surface area contributed by atoms with Crippen LogP contribution in [0.3, 0.4) is 0 Å². The van der Waals surface area contributed by atoms with Gasteiger partial charge >= 0.3 is 5.97 Å². The van der Waals surface area contributed by atoms with Crippen molar-refractivity contribution in [3.63, 3.8) is 0 Å². The average molecular weight is 326 g/mol. The summed E-state index contributed by atoms with van der Waals surface area (Å²) in [7, 11) is 0. The molecule has 4 heteroatoms. The van der Waals surface area contributed by atoms with Crippen molar-refractivity contribution in [1.29, 1.82) is 0 Å². The summed E-state index contributed by atoms with van der Waals surface area (Å²) in [6, 6.07) is 15.4. The van der Waals surface area contributed by atoms with E-state index in [4.69, 9.17) is 9.78 Å². The highest BCUT2D eigenvalue weighted by molar-refractivity contribution is 6.14. The first kappa shape index (κ1) is 17.9. The van der Waals surface area contributed by atoms with Gasteiger partial charge < -0.3 is 0 Å². The Morgan fingerprint density at radius 3 is 2.12 bits per heavy atom. The van der Waals surface area contributed by atoms with E-state index in [0.29, 0.717) is 11.1 Å². The summed E-state index contributed by atoms with van der Waals surface area (Å²) in [5.74, 6) is -0.893. The van der Waals surface area contributed by atoms with E-state index in [1.807, 2.05) is 26.8 Å². The summed E-state index contributed by atoms with van der Waals surface area (Å²) in [5.41, 5.74) is 0.442. The van der Waals surface area contributed by atoms with Crippen LogP contribution >= 0.6 is 0 Å². The largest absolute Gasteiger partial charge is 0.373 e. The molecule has 0 heterocycles. The summed E-state index contributed by atoms with van der Waals surface area (Å²) >= 11 is 0. The molecule has 0 amide bonds. The molecule has 0 bridgehead atoms. The van der Waals surface area contributed by atoms with Gasteiger partial charge in [0.25, 0.3) is 0 Å². The number of benzene rings is 2. The fourth-order valence-corrected chi connectivity index (χ4v) is 2.44. The smallest absolute Gasteiger partial charge is 0.292 e. The molecule has 126 valence electrons. The van der Waals surface area contributed by atoms with Gasteiger partial charge in [0.1, 0.15) is 5.60 Å². The van der Waals surface area contributed by atoms with Crippen LogP contribution in [0.2, 0.25) is 0 Å². The maximum Gasteiger partial charge on any atom is 0.373 e. The van der Waals surface area contributed by atoms with Crippen LogP contribution in [0.25, 0.3) is 0 Å². The van der Waals surface area contributed by atoms with Gasteiger partial charge in [-0.2, -0.15) is 4.89 Å². The van der Waals surface area contributed by atoms with Crippen LogP contribution in [0.5, 0.6) is 0 Å². The van der Waals surface area contributed by atoms with Crippen LogP contribution in [0, 0.1) is 0 Å². The van der Waals surface area contributed by atoms with Crippen LogP contribution in [-0.4, -0.2) is 17.4 Å². The van der Waals surface area contributed by atoms with Crippen molar-refractivity contribution < 1.29 is 19.4 Å². The van der Waals surface area contributed by atoms with E-state index in [0.717, 1.165) is 12.8 Å². The van der Waals surface area contributed by atoms with Crippen molar-refractivity contribution in [3.05, 3.63) is 71.3 Å². The fourth-order valence-electron chi connectivity index (χ4n) is 2.44. The maximum absolute atomic E-state index is 12.6. The second-order valence-corrected chi connectivity index (χ2v) is 6.20. The molecule has 0 saturated carbocycles. The lowest BCUT2D eigenvalue weighted by Gasteiger charge is -2.22. The van der Waals surface area contributed by atoms with Gasteiger partial charge in [0.2, 0.25) is 0 Å². The predicted octanol–water partition coefficient (Wildman–Crippen LogP) is 4.58. The summed E-state index contributed by atoms with van der Waals surface area (Å²) < 4.78 is 0. The second-order valence-electron chi connectivity index (χ2n) is 6.20. The molecule has 0 aromatic heterocycles. The molecule has 4 nitrogen and oxygen atoms in total. The topological polar surface area (TPSA) is 52.6 Å². The Bertz CT molecular complexity index is 705. The molecular weight excluding hydrogens is 304 g/mol. The van der Waals surface area contributed by atoms with Crippen molar-refractivity contribution >= 4 is 11.8 Å². The molecule has 0 saturated heterocycles. The van der Waals surface area contributed by atoms with E-state index in [1.54, 1.807) is 48.5 Å². The number of hydrogen-bond donors (Lipinski definition) is 0. The quantitative estimate of drug-likeness (QED) is 0.424. The molecule has 2 rings (SSSR count). The van der Waals surface area contributed by atoms with Crippen LogP contribution in [-0.2, 0) is 9.78 Å². The normalized spacial score (nSPS) is 11.1. The molecule has 0 aliphatic carbocycles. The number of carbonyl (C=O) groups is 2. The van der Waals surface area contributed by atoms with Crippen LogP contribution in [0.15, 0.2) is 54.6 Å². The zero-order valence-corrected chi connectivity index (χ0v) is 14.2. The molecular formula is C20H22O4. The first-order chi connectivity index (χ1) is 11.4. The summed E-state index contributed by atoms with van der Waals surface area (Å²) in [4.78, 5) is 35.2. The lowest BCUT2D eigenvalue weighted by Crippen LogP contribution is -2.26. The minimum absolute atomic E-state index is 0.193. The lowest BCUT2D eigenvalue weighted by molar-refractivity contribution is -0.308. The Morgan fingerprint density at radius 1 is 0.917 bits per heavy atom. The summed E-state index contributed by atoms with van der Waals surface area (Å²) in [6.07, 6.45) is 1.67. The molecule has 0 radical (unpaired) electrons. The van der Waals surface area contributed by atoms with Crippen molar-refractivity contribution in [2.45, 2.75) is 39.2 Å². The third-order valence-electron chi connectivity index (χ3n) is 3.62. The van der Waals surface area contributed by atoms with E-state index < -0.39 is 11.6 Å². The predicted molar refractivity (Wildman–Crippen MR) is 91.8 cm³/mol. The van der Waals surface area contributed by atoms with Crippen molar-refractivity contribution in [1.82, 2.24) is 0 Å². The minimum atomic E-state index is -0.668. The van der Waals surface area contributed by atoms with Gasteiger partial charge in [-0.1, -0.05) is 61.9 Å². The van der Waals surface area contributed by atoms with E-state index in [-0.39, 0.29) is 11.3 Å². The lowest BCUT2D eigenvalue weighted by atomic mass is 9.98. The molecule has 2 aromatic rings. The number of hydrogen-bond acceptors (Lipinski definition) is 4. The first-order valence-corrected chi connectivity index (χ1v) is 8.03. The highest BCUT2D eigenvalue weighted by Gasteiger charge is 2.24. The molecule has 24 heavy (non-hydrogen) atoms.